The third-order valence-corrected chi connectivity index (χ3v) is 6.46. The maximum Gasteiger partial charge on any atom is 0.255 e. The van der Waals surface area contributed by atoms with Crippen molar-refractivity contribution in [2.45, 2.75) is 12.3 Å². The molecule has 1 atom stereocenters. The summed E-state index contributed by atoms with van der Waals surface area (Å²) >= 11 is 4.97. The first-order valence-electron chi connectivity index (χ1n) is 9.18. The Kier molecular flexibility index (Phi) is 5.74. The molecular weight excluding hydrogens is 448 g/mol. The highest BCUT2D eigenvalue weighted by Gasteiger charge is 2.34. The van der Waals surface area contributed by atoms with Gasteiger partial charge in [-0.1, -0.05) is 45.8 Å². The van der Waals surface area contributed by atoms with Crippen LogP contribution in [0.1, 0.15) is 26.9 Å². The summed E-state index contributed by atoms with van der Waals surface area (Å²) in [5.41, 5.74) is 4.32. The van der Waals surface area contributed by atoms with Crippen LogP contribution >= 0.6 is 27.7 Å². The molecule has 1 fully saturated rings. The number of hydrogen-bond acceptors (Lipinski definition) is 3. The molecule has 0 aromatic heterocycles. The molecule has 0 spiro atoms. The predicted molar refractivity (Wildman–Crippen MR) is 122 cm³/mol. The lowest BCUT2D eigenvalue weighted by molar-refractivity contribution is -0.115. The molecular formula is C23H19BrN2O2S. The van der Waals surface area contributed by atoms with E-state index in [0.717, 1.165) is 21.3 Å². The molecule has 146 valence electrons. The number of aryl methyl sites for hydroxylation is 1. The first-order valence-corrected chi connectivity index (χ1v) is 11.0. The maximum atomic E-state index is 12.6. The van der Waals surface area contributed by atoms with Crippen molar-refractivity contribution in [1.29, 1.82) is 0 Å². The van der Waals surface area contributed by atoms with Gasteiger partial charge in [-0.15, -0.1) is 11.8 Å². The van der Waals surface area contributed by atoms with E-state index in [9.17, 15) is 9.59 Å². The Bertz CT molecular complexity index is 1050. The molecule has 2 amide bonds. The van der Waals surface area contributed by atoms with Crippen LogP contribution in [0.2, 0.25) is 0 Å². The highest BCUT2D eigenvalue weighted by molar-refractivity contribution is 9.10. The van der Waals surface area contributed by atoms with Crippen molar-refractivity contribution in [3.05, 3.63) is 94.0 Å². The van der Waals surface area contributed by atoms with Crippen molar-refractivity contribution in [2.24, 2.45) is 0 Å². The summed E-state index contributed by atoms with van der Waals surface area (Å²) in [6.07, 6.45) is 0. The molecule has 1 aliphatic heterocycles. The summed E-state index contributed by atoms with van der Waals surface area (Å²) in [4.78, 5) is 26.9. The van der Waals surface area contributed by atoms with Crippen LogP contribution < -0.4 is 10.2 Å². The van der Waals surface area contributed by atoms with Gasteiger partial charge in [0, 0.05) is 21.4 Å². The normalized spacial score (nSPS) is 16.1. The number of hydrogen-bond donors (Lipinski definition) is 1. The monoisotopic (exact) mass is 466 g/mol. The van der Waals surface area contributed by atoms with Gasteiger partial charge in [0.15, 0.2) is 0 Å². The number of nitrogens with one attached hydrogen (secondary N) is 1. The standard InChI is InChI=1S/C23H19BrN2O2S/c1-15-5-11-20(12-6-15)26-21(27)14-29-23(26)17-3-2-4-19(13-17)25-22(28)16-7-9-18(24)10-8-16/h2-13,23H,14H2,1H3,(H,25,28)/t23-/m1/s1. The van der Waals surface area contributed by atoms with E-state index in [1.54, 1.807) is 23.9 Å². The second-order valence-electron chi connectivity index (χ2n) is 6.85. The predicted octanol–water partition coefficient (Wildman–Crippen LogP) is 5.79. The molecule has 1 saturated heterocycles. The zero-order valence-corrected chi connectivity index (χ0v) is 18.2. The molecule has 3 aromatic rings. The van der Waals surface area contributed by atoms with E-state index in [0.29, 0.717) is 17.0 Å². The smallest absolute Gasteiger partial charge is 0.255 e. The Morgan fingerprint density at radius 2 is 1.79 bits per heavy atom. The number of benzene rings is 3. The highest BCUT2D eigenvalue weighted by Crippen LogP contribution is 2.42. The summed E-state index contributed by atoms with van der Waals surface area (Å²) in [5, 5.41) is 2.83. The molecule has 1 N–H and O–H groups in total. The van der Waals surface area contributed by atoms with E-state index in [-0.39, 0.29) is 17.2 Å². The minimum Gasteiger partial charge on any atom is -0.322 e. The number of rotatable bonds is 4. The van der Waals surface area contributed by atoms with Crippen molar-refractivity contribution < 1.29 is 9.59 Å². The van der Waals surface area contributed by atoms with Gasteiger partial charge in [-0.2, -0.15) is 0 Å². The van der Waals surface area contributed by atoms with Gasteiger partial charge in [-0.05, 0) is 61.0 Å². The topological polar surface area (TPSA) is 49.4 Å². The van der Waals surface area contributed by atoms with Crippen molar-refractivity contribution in [3.8, 4) is 0 Å². The molecule has 0 radical (unpaired) electrons. The van der Waals surface area contributed by atoms with E-state index in [1.807, 2.05) is 72.5 Å². The van der Waals surface area contributed by atoms with Gasteiger partial charge in [0.1, 0.15) is 5.37 Å². The van der Waals surface area contributed by atoms with Crippen LogP contribution in [0.5, 0.6) is 0 Å². The average Bonchev–Trinajstić information content (AvgIpc) is 3.11. The van der Waals surface area contributed by atoms with Crippen molar-refractivity contribution >= 4 is 50.9 Å². The fourth-order valence-electron chi connectivity index (χ4n) is 3.23. The summed E-state index contributed by atoms with van der Waals surface area (Å²) < 4.78 is 0.926. The molecule has 3 aromatic carbocycles. The molecule has 0 bridgehead atoms. The van der Waals surface area contributed by atoms with Gasteiger partial charge in [0.05, 0.1) is 5.75 Å². The summed E-state index contributed by atoms with van der Waals surface area (Å²) in [6.45, 7) is 2.03. The van der Waals surface area contributed by atoms with Gasteiger partial charge in [0.2, 0.25) is 5.91 Å². The highest BCUT2D eigenvalue weighted by atomic mass is 79.9. The first-order chi connectivity index (χ1) is 14.0. The lowest BCUT2D eigenvalue weighted by Crippen LogP contribution is -2.27. The van der Waals surface area contributed by atoms with Crippen molar-refractivity contribution in [1.82, 2.24) is 0 Å². The molecule has 6 heteroatoms. The largest absolute Gasteiger partial charge is 0.322 e. The van der Waals surface area contributed by atoms with E-state index in [2.05, 4.69) is 21.2 Å². The number of amides is 2. The Morgan fingerprint density at radius 1 is 1.07 bits per heavy atom. The van der Waals surface area contributed by atoms with Gasteiger partial charge in [0.25, 0.3) is 5.91 Å². The Balaban J connectivity index is 1.57. The average molecular weight is 467 g/mol. The first kappa shape index (κ1) is 19.7. The van der Waals surface area contributed by atoms with Gasteiger partial charge in [-0.25, -0.2) is 0 Å². The van der Waals surface area contributed by atoms with Crippen LogP contribution in [0.4, 0.5) is 11.4 Å². The van der Waals surface area contributed by atoms with Crippen LogP contribution in [0.25, 0.3) is 0 Å². The second-order valence-corrected chi connectivity index (χ2v) is 8.83. The molecule has 1 aliphatic rings. The van der Waals surface area contributed by atoms with Crippen LogP contribution in [-0.2, 0) is 4.79 Å². The molecule has 4 rings (SSSR count). The lowest BCUT2D eigenvalue weighted by atomic mass is 10.1. The number of nitrogens with zero attached hydrogens (tertiary/aromatic N) is 1. The van der Waals surface area contributed by atoms with E-state index in [4.69, 9.17) is 0 Å². The van der Waals surface area contributed by atoms with Gasteiger partial charge in [-0.3, -0.25) is 14.5 Å². The van der Waals surface area contributed by atoms with E-state index >= 15 is 0 Å². The zero-order chi connectivity index (χ0) is 20.4. The summed E-state index contributed by atoms with van der Waals surface area (Å²) in [6, 6.07) is 22.9. The van der Waals surface area contributed by atoms with Gasteiger partial charge >= 0.3 is 0 Å². The number of carbonyl (C=O) groups is 2. The van der Waals surface area contributed by atoms with Gasteiger partial charge < -0.3 is 5.32 Å². The minimum absolute atomic E-state index is 0.0909. The van der Waals surface area contributed by atoms with Crippen LogP contribution in [0.3, 0.4) is 0 Å². The third-order valence-electron chi connectivity index (χ3n) is 4.72. The second kappa shape index (κ2) is 8.43. The fraction of sp³-hybridized carbons (Fsp3) is 0.130. The Morgan fingerprint density at radius 3 is 2.52 bits per heavy atom. The molecule has 4 nitrogen and oxygen atoms in total. The van der Waals surface area contributed by atoms with Crippen LogP contribution in [0.15, 0.2) is 77.3 Å². The third kappa shape index (κ3) is 4.38. The Hall–Kier alpha value is -2.57. The SMILES string of the molecule is Cc1ccc(N2C(=O)CS[C@@H]2c2cccc(NC(=O)c3ccc(Br)cc3)c2)cc1. The quantitative estimate of drug-likeness (QED) is 0.529. The summed E-state index contributed by atoms with van der Waals surface area (Å²) in [5.74, 6) is 0.363. The summed E-state index contributed by atoms with van der Waals surface area (Å²) in [7, 11) is 0. The van der Waals surface area contributed by atoms with Crippen molar-refractivity contribution in [3.63, 3.8) is 0 Å². The number of thioether (sulfide) groups is 1. The minimum atomic E-state index is -0.166. The molecule has 0 saturated carbocycles. The lowest BCUT2D eigenvalue weighted by Gasteiger charge is -2.25. The maximum absolute atomic E-state index is 12.6. The van der Waals surface area contributed by atoms with E-state index < -0.39 is 0 Å². The molecule has 0 aliphatic carbocycles. The van der Waals surface area contributed by atoms with E-state index in [1.165, 1.54) is 0 Å². The van der Waals surface area contributed by atoms with Crippen molar-refractivity contribution in [2.75, 3.05) is 16.0 Å². The van der Waals surface area contributed by atoms with Crippen LogP contribution in [-0.4, -0.2) is 17.6 Å². The molecule has 29 heavy (non-hydrogen) atoms. The number of halogens is 1. The number of carbonyl (C=O) groups excluding carboxylic acids is 2. The zero-order valence-electron chi connectivity index (χ0n) is 15.8. The molecule has 0 unspecified atom stereocenters. The number of anilines is 2. The van der Waals surface area contributed by atoms with Crippen LogP contribution in [0, 0.1) is 6.92 Å². The molecule has 1 heterocycles. The Labute approximate surface area is 182 Å². The fourth-order valence-corrected chi connectivity index (χ4v) is 4.66.